The minimum Gasteiger partial charge on any atom is -0.303 e. The van der Waals surface area contributed by atoms with E-state index in [1.807, 2.05) is 0 Å². The summed E-state index contributed by atoms with van der Waals surface area (Å²) >= 11 is 0. The molecule has 0 spiro atoms. The molecule has 1 aliphatic rings. The Morgan fingerprint density at radius 3 is 2.23 bits per heavy atom. The SMILES string of the molecule is CCCCCN1CC(C(C)(C)C)C1. The third-order valence-corrected chi connectivity index (χ3v) is 3.26. The van der Waals surface area contributed by atoms with Crippen molar-refractivity contribution in [3.05, 3.63) is 0 Å². The van der Waals surface area contributed by atoms with Crippen molar-refractivity contribution in [3.8, 4) is 0 Å². The average Bonchev–Trinajstić information content (AvgIpc) is 1.91. The summed E-state index contributed by atoms with van der Waals surface area (Å²) in [6, 6.07) is 0. The standard InChI is InChI=1S/C12H25N/c1-5-6-7-8-13-9-11(10-13)12(2,3)4/h11H,5-10H2,1-4H3. The summed E-state index contributed by atoms with van der Waals surface area (Å²) in [7, 11) is 0. The summed E-state index contributed by atoms with van der Waals surface area (Å²) in [5, 5.41) is 0. The van der Waals surface area contributed by atoms with Crippen molar-refractivity contribution in [2.24, 2.45) is 11.3 Å². The molecule has 78 valence electrons. The van der Waals surface area contributed by atoms with Crippen molar-refractivity contribution in [1.29, 1.82) is 0 Å². The molecule has 0 bridgehead atoms. The maximum Gasteiger partial charge on any atom is 0.00270 e. The van der Waals surface area contributed by atoms with E-state index in [2.05, 4.69) is 32.6 Å². The third-order valence-electron chi connectivity index (χ3n) is 3.26. The first kappa shape index (κ1) is 11.0. The highest BCUT2D eigenvalue weighted by atomic mass is 15.2. The van der Waals surface area contributed by atoms with Crippen molar-refractivity contribution in [3.63, 3.8) is 0 Å². The van der Waals surface area contributed by atoms with Gasteiger partial charge in [-0.25, -0.2) is 0 Å². The minimum absolute atomic E-state index is 0.529. The van der Waals surface area contributed by atoms with Crippen LogP contribution < -0.4 is 0 Å². The van der Waals surface area contributed by atoms with Crippen LogP contribution in [0.15, 0.2) is 0 Å². The molecule has 0 radical (unpaired) electrons. The molecule has 0 aromatic rings. The monoisotopic (exact) mass is 183 g/mol. The fourth-order valence-electron chi connectivity index (χ4n) is 1.89. The average molecular weight is 183 g/mol. The molecule has 1 fully saturated rings. The molecule has 0 amide bonds. The fourth-order valence-corrected chi connectivity index (χ4v) is 1.89. The lowest BCUT2D eigenvalue weighted by Crippen LogP contribution is -2.52. The van der Waals surface area contributed by atoms with Gasteiger partial charge in [0.25, 0.3) is 0 Å². The first-order valence-corrected chi connectivity index (χ1v) is 5.76. The Labute approximate surface area is 83.5 Å². The van der Waals surface area contributed by atoms with Gasteiger partial charge in [0.15, 0.2) is 0 Å². The van der Waals surface area contributed by atoms with E-state index in [1.165, 1.54) is 38.9 Å². The Morgan fingerprint density at radius 2 is 1.77 bits per heavy atom. The predicted molar refractivity (Wildman–Crippen MR) is 58.9 cm³/mol. The van der Waals surface area contributed by atoms with Crippen molar-refractivity contribution < 1.29 is 0 Å². The lowest BCUT2D eigenvalue weighted by atomic mass is 9.76. The molecule has 0 N–H and O–H groups in total. The van der Waals surface area contributed by atoms with Crippen LogP contribution in [0.2, 0.25) is 0 Å². The van der Waals surface area contributed by atoms with Crippen LogP contribution in [0.3, 0.4) is 0 Å². The molecule has 0 aromatic heterocycles. The summed E-state index contributed by atoms with van der Waals surface area (Å²) < 4.78 is 0. The van der Waals surface area contributed by atoms with Gasteiger partial charge in [0.05, 0.1) is 0 Å². The Balaban J connectivity index is 2.05. The Morgan fingerprint density at radius 1 is 1.15 bits per heavy atom. The summed E-state index contributed by atoms with van der Waals surface area (Å²) in [4.78, 5) is 2.60. The fraction of sp³-hybridized carbons (Fsp3) is 1.00. The first-order valence-electron chi connectivity index (χ1n) is 5.76. The number of hydrogen-bond acceptors (Lipinski definition) is 1. The van der Waals surface area contributed by atoms with Gasteiger partial charge < -0.3 is 4.90 Å². The molecule has 1 nitrogen and oxygen atoms in total. The molecule has 0 atom stereocenters. The van der Waals surface area contributed by atoms with E-state index in [0.717, 1.165) is 5.92 Å². The number of nitrogens with zero attached hydrogens (tertiary/aromatic N) is 1. The Bertz CT molecular complexity index is 140. The summed E-state index contributed by atoms with van der Waals surface area (Å²) in [5.41, 5.74) is 0.529. The van der Waals surface area contributed by atoms with E-state index in [9.17, 15) is 0 Å². The van der Waals surface area contributed by atoms with E-state index in [1.54, 1.807) is 0 Å². The normalized spacial score (nSPS) is 20.3. The number of hydrogen-bond donors (Lipinski definition) is 0. The Hall–Kier alpha value is -0.0400. The number of rotatable bonds is 4. The van der Waals surface area contributed by atoms with E-state index < -0.39 is 0 Å². The van der Waals surface area contributed by atoms with Crippen molar-refractivity contribution in [1.82, 2.24) is 4.90 Å². The van der Waals surface area contributed by atoms with Gasteiger partial charge in [-0.2, -0.15) is 0 Å². The Kier molecular flexibility index (Phi) is 3.78. The molecule has 1 aliphatic heterocycles. The largest absolute Gasteiger partial charge is 0.303 e. The van der Waals surface area contributed by atoms with Crippen LogP contribution in [0.5, 0.6) is 0 Å². The zero-order valence-corrected chi connectivity index (χ0v) is 9.77. The number of likely N-dealkylation sites (tertiary alicyclic amines) is 1. The van der Waals surface area contributed by atoms with Crippen LogP contribution in [-0.2, 0) is 0 Å². The van der Waals surface area contributed by atoms with Gasteiger partial charge in [-0.3, -0.25) is 0 Å². The molecule has 1 heteroatoms. The van der Waals surface area contributed by atoms with Gasteiger partial charge in [0, 0.05) is 13.1 Å². The first-order chi connectivity index (χ1) is 6.04. The van der Waals surface area contributed by atoms with Crippen LogP contribution in [0.25, 0.3) is 0 Å². The van der Waals surface area contributed by atoms with Gasteiger partial charge in [-0.05, 0) is 24.3 Å². The molecular formula is C12H25N. The quantitative estimate of drug-likeness (QED) is 0.605. The summed E-state index contributed by atoms with van der Waals surface area (Å²) in [6.07, 6.45) is 4.14. The predicted octanol–water partition coefficient (Wildman–Crippen LogP) is 3.15. The van der Waals surface area contributed by atoms with Crippen LogP contribution in [-0.4, -0.2) is 24.5 Å². The lowest BCUT2D eigenvalue weighted by molar-refractivity contribution is 0.0239. The highest BCUT2D eigenvalue weighted by Crippen LogP contribution is 2.33. The summed E-state index contributed by atoms with van der Waals surface area (Å²) in [6.45, 7) is 13.4. The van der Waals surface area contributed by atoms with Crippen LogP contribution in [0.4, 0.5) is 0 Å². The van der Waals surface area contributed by atoms with Crippen LogP contribution in [0.1, 0.15) is 47.0 Å². The maximum atomic E-state index is 2.60. The minimum atomic E-state index is 0.529. The molecule has 0 unspecified atom stereocenters. The molecule has 0 aromatic carbocycles. The van der Waals surface area contributed by atoms with Gasteiger partial charge >= 0.3 is 0 Å². The number of unbranched alkanes of at least 4 members (excludes halogenated alkanes) is 2. The summed E-state index contributed by atoms with van der Waals surface area (Å²) in [5.74, 6) is 0.939. The smallest absolute Gasteiger partial charge is 0.00270 e. The molecule has 1 saturated heterocycles. The van der Waals surface area contributed by atoms with Gasteiger partial charge in [0.2, 0.25) is 0 Å². The van der Waals surface area contributed by atoms with Crippen molar-refractivity contribution in [2.45, 2.75) is 47.0 Å². The molecule has 0 aliphatic carbocycles. The topological polar surface area (TPSA) is 3.24 Å². The zero-order valence-electron chi connectivity index (χ0n) is 9.77. The molecular weight excluding hydrogens is 158 g/mol. The molecule has 0 saturated carbocycles. The van der Waals surface area contributed by atoms with Gasteiger partial charge in [-0.1, -0.05) is 40.5 Å². The van der Waals surface area contributed by atoms with Crippen LogP contribution in [0, 0.1) is 11.3 Å². The van der Waals surface area contributed by atoms with Crippen molar-refractivity contribution in [2.75, 3.05) is 19.6 Å². The van der Waals surface area contributed by atoms with Gasteiger partial charge in [-0.15, -0.1) is 0 Å². The molecule has 1 heterocycles. The second kappa shape index (κ2) is 4.45. The van der Waals surface area contributed by atoms with E-state index in [-0.39, 0.29) is 0 Å². The molecule has 13 heavy (non-hydrogen) atoms. The zero-order chi connectivity index (χ0) is 9.90. The third kappa shape index (κ3) is 3.30. The highest BCUT2D eigenvalue weighted by Gasteiger charge is 2.34. The second-order valence-corrected chi connectivity index (χ2v) is 5.53. The van der Waals surface area contributed by atoms with E-state index >= 15 is 0 Å². The molecule has 1 rings (SSSR count). The maximum absolute atomic E-state index is 2.60. The second-order valence-electron chi connectivity index (χ2n) is 5.53. The van der Waals surface area contributed by atoms with E-state index in [4.69, 9.17) is 0 Å². The lowest BCUT2D eigenvalue weighted by Gasteiger charge is -2.46. The van der Waals surface area contributed by atoms with Crippen molar-refractivity contribution >= 4 is 0 Å². The highest BCUT2D eigenvalue weighted by molar-refractivity contribution is 4.87. The van der Waals surface area contributed by atoms with Crippen LogP contribution >= 0.6 is 0 Å². The van der Waals surface area contributed by atoms with E-state index in [0.29, 0.717) is 5.41 Å². The van der Waals surface area contributed by atoms with Gasteiger partial charge in [0.1, 0.15) is 0 Å².